The SMILES string of the molecule is COc1ccc([C@H]2C(C#N)=C(N)Oc3n[nH]c(-c4ccc(C)cc4)c32)cc1CSC1=NCCS1. The third-order valence-electron chi connectivity index (χ3n) is 5.83. The highest BCUT2D eigenvalue weighted by molar-refractivity contribution is 8.38. The van der Waals surface area contributed by atoms with E-state index in [2.05, 4.69) is 27.3 Å². The van der Waals surface area contributed by atoms with E-state index in [9.17, 15) is 5.26 Å². The number of methoxy groups -OCH3 is 1. The number of aromatic nitrogens is 2. The predicted molar refractivity (Wildman–Crippen MR) is 137 cm³/mol. The van der Waals surface area contributed by atoms with Gasteiger partial charge in [0.15, 0.2) is 0 Å². The Morgan fingerprint density at radius 2 is 2.12 bits per heavy atom. The molecule has 1 atom stereocenters. The van der Waals surface area contributed by atoms with Gasteiger partial charge < -0.3 is 15.2 Å². The monoisotopic (exact) mass is 489 g/mol. The highest BCUT2D eigenvalue weighted by atomic mass is 32.2. The number of aliphatic imine (C=N–C) groups is 1. The number of ether oxygens (including phenoxy) is 2. The van der Waals surface area contributed by atoms with E-state index in [4.69, 9.17) is 15.2 Å². The summed E-state index contributed by atoms with van der Waals surface area (Å²) in [6.07, 6.45) is 0. The van der Waals surface area contributed by atoms with Gasteiger partial charge in [0.2, 0.25) is 11.8 Å². The van der Waals surface area contributed by atoms with Crippen LogP contribution >= 0.6 is 23.5 Å². The van der Waals surface area contributed by atoms with Gasteiger partial charge in [0.1, 0.15) is 21.8 Å². The van der Waals surface area contributed by atoms with Crippen LogP contribution < -0.4 is 15.2 Å². The van der Waals surface area contributed by atoms with Crippen LogP contribution in [0.1, 0.15) is 28.2 Å². The van der Waals surface area contributed by atoms with Crippen LogP contribution in [-0.2, 0) is 5.75 Å². The summed E-state index contributed by atoms with van der Waals surface area (Å²) in [5, 5.41) is 17.5. The Bertz CT molecular complexity index is 1340. The van der Waals surface area contributed by atoms with Gasteiger partial charge >= 0.3 is 0 Å². The number of H-pyrrole nitrogens is 1. The molecule has 3 aromatic rings. The molecule has 1 aromatic heterocycles. The topological polar surface area (TPSA) is 109 Å². The quantitative estimate of drug-likeness (QED) is 0.522. The highest BCUT2D eigenvalue weighted by Crippen LogP contribution is 2.46. The maximum Gasteiger partial charge on any atom is 0.244 e. The fourth-order valence-electron chi connectivity index (χ4n) is 4.15. The average Bonchev–Trinajstić information content (AvgIpc) is 3.52. The number of fused-ring (bicyclic) bond motifs is 1. The van der Waals surface area contributed by atoms with Gasteiger partial charge in [-0.15, -0.1) is 5.10 Å². The summed E-state index contributed by atoms with van der Waals surface area (Å²) in [4.78, 5) is 4.53. The molecule has 7 nitrogen and oxygen atoms in total. The normalized spacial score (nSPS) is 17.1. The molecule has 0 unspecified atom stereocenters. The van der Waals surface area contributed by atoms with Crippen LogP contribution in [0.4, 0.5) is 0 Å². The number of benzene rings is 2. The fraction of sp³-hybridized carbons (Fsp3) is 0.240. The van der Waals surface area contributed by atoms with Crippen LogP contribution in [0.5, 0.6) is 11.6 Å². The van der Waals surface area contributed by atoms with Gasteiger partial charge in [-0.25, -0.2) is 0 Å². The minimum Gasteiger partial charge on any atom is -0.496 e. The number of hydrogen-bond donors (Lipinski definition) is 2. The number of thioether (sulfide) groups is 2. The molecule has 0 saturated heterocycles. The summed E-state index contributed by atoms with van der Waals surface area (Å²) in [6.45, 7) is 2.91. The summed E-state index contributed by atoms with van der Waals surface area (Å²) in [6, 6.07) is 16.4. The van der Waals surface area contributed by atoms with E-state index in [1.807, 2.05) is 43.3 Å². The van der Waals surface area contributed by atoms with Gasteiger partial charge in [-0.05, 0) is 18.6 Å². The molecule has 0 fully saturated rings. The molecule has 0 amide bonds. The Balaban J connectivity index is 1.60. The summed E-state index contributed by atoms with van der Waals surface area (Å²) in [5.41, 5.74) is 12.2. The molecule has 2 aliphatic rings. The van der Waals surface area contributed by atoms with E-state index in [1.54, 1.807) is 30.6 Å². The lowest BCUT2D eigenvalue weighted by atomic mass is 9.82. The average molecular weight is 490 g/mol. The number of allylic oxidation sites excluding steroid dienone is 1. The minimum absolute atomic E-state index is 0.0745. The molecule has 0 saturated carbocycles. The lowest BCUT2D eigenvalue weighted by molar-refractivity contribution is 0.379. The largest absolute Gasteiger partial charge is 0.496 e. The second kappa shape index (κ2) is 9.49. The van der Waals surface area contributed by atoms with Crippen molar-refractivity contribution >= 4 is 27.9 Å². The van der Waals surface area contributed by atoms with Gasteiger partial charge in [0, 0.05) is 22.6 Å². The number of nitrogens with zero attached hydrogens (tertiary/aromatic N) is 3. The van der Waals surface area contributed by atoms with Crippen molar-refractivity contribution < 1.29 is 9.47 Å². The van der Waals surface area contributed by atoms with Gasteiger partial charge in [-0.2, -0.15) is 5.26 Å². The van der Waals surface area contributed by atoms with Gasteiger partial charge in [-0.3, -0.25) is 10.1 Å². The molecule has 172 valence electrons. The van der Waals surface area contributed by atoms with E-state index >= 15 is 0 Å². The molecular weight excluding hydrogens is 466 g/mol. The Kier molecular flexibility index (Phi) is 6.26. The minimum atomic E-state index is -0.420. The second-order valence-electron chi connectivity index (χ2n) is 7.96. The molecule has 3 heterocycles. The van der Waals surface area contributed by atoms with Gasteiger partial charge in [-0.1, -0.05) is 65.5 Å². The molecule has 0 radical (unpaired) electrons. The zero-order valence-electron chi connectivity index (χ0n) is 18.8. The molecule has 34 heavy (non-hydrogen) atoms. The van der Waals surface area contributed by atoms with E-state index < -0.39 is 5.92 Å². The van der Waals surface area contributed by atoms with E-state index in [1.165, 1.54) is 0 Å². The first-order valence-corrected chi connectivity index (χ1v) is 12.8. The van der Waals surface area contributed by atoms with Crippen LogP contribution in [0.2, 0.25) is 0 Å². The molecule has 9 heteroatoms. The second-order valence-corrected chi connectivity index (χ2v) is 10.3. The number of hydrogen-bond acceptors (Lipinski definition) is 8. The standard InChI is InChI=1S/C25H23N5O2S2/c1-14-3-5-15(6-4-14)22-21-20(18(12-26)23(27)32-24(21)30-29-22)16-7-8-19(31-2)17(11-16)13-34-25-28-9-10-33-25/h3-8,11,20H,9-10,13,27H2,1-2H3,(H,29,30)/t20-/m0/s1. The fourth-order valence-corrected chi connectivity index (χ4v) is 6.14. The molecule has 2 aromatic carbocycles. The van der Waals surface area contributed by atoms with Crippen LogP contribution in [0.15, 0.2) is 58.9 Å². The maximum atomic E-state index is 10.0. The van der Waals surface area contributed by atoms with Crippen molar-refractivity contribution in [2.24, 2.45) is 10.7 Å². The lowest BCUT2D eigenvalue weighted by Gasteiger charge is -2.25. The van der Waals surface area contributed by atoms with Crippen molar-refractivity contribution in [1.29, 1.82) is 5.26 Å². The maximum absolute atomic E-state index is 10.0. The zero-order chi connectivity index (χ0) is 23.7. The Hall–Kier alpha value is -3.35. The Labute approximate surface area is 206 Å². The van der Waals surface area contributed by atoms with Crippen molar-refractivity contribution in [3.63, 3.8) is 0 Å². The number of nitriles is 1. The van der Waals surface area contributed by atoms with E-state index in [0.717, 1.165) is 61.7 Å². The number of aromatic amines is 1. The molecule has 0 aliphatic carbocycles. The van der Waals surface area contributed by atoms with Crippen LogP contribution in [0.3, 0.4) is 0 Å². The molecular formula is C25H23N5O2S2. The molecule has 0 bridgehead atoms. The predicted octanol–water partition coefficient (Wildman–Crippen LogP) is 4.95. The summed E-state index contributed by atoms with van der Waals surface area (Å²) in [7, 11) is 1.67. The number of nitrogens with two attached hydrogens (primary N) is 1. The lowest BCUT2D eigenvalue weighted by Crippen LogP contribution is -2.21. The first-order chi connectivity index (χ1) is 16.6. The van der Waals surface area contributed by atoms with Crippen molar-refractivity contribution in [3.8, 4) is 29.0 Å². The zero-order valence-corrected chi connectivity index (χ0v) is 20.4. The third-order valence-corrected chi connectivity index (χ3v) is 8.13. The Morgan fingerprint density at radius 3 is 2.82 bits per heavy atom. The summed E-state index contributed by atoms with van der Waals surface area (Å²) in [5.74, 6) is 2.59. The van der Waals surface area contributed by atoms with Crippen LogP contribution in [0, 0.1) is 18.3 Å². The first kappa shape index (κ1) is 22.4. The summed E-state index contributed by atoms with van der Waals surface area (Å²) >= 11 is 3.49. The number of nitrogens with one attached hydrogen (secondary N) is 1. The molecule has 0 spiro atoms. The van der Waals surface area contributed by atoms with Crippen molar-refractivity contribution in [3.05, 3.63) is 76.2 Å². The smallest absolute Gasteiger partial charge is 0.244 e. The van der Waals surface area contributed by atoms with E-state index in [0.29, 0.717) is 11.5 Å². The van der Waals surface area contributed by atoms with Gasteiger partial charge in [0.25, 0.3) is 0 Å². The first-order valence-electron chi connectivity index (χ1n) is 10.8. The Morgan fingerprint density at radius 1 is 1.29 bits per heavy atom. The third kappa shape index (κ3) is 4.15. The summed E-state index contributed by atoms with van der Waals surface area (Å²) < 4.78 is 12.5. The molecule has 2 aliphatic heterocycles. The number of rotatable bonds is 5. The van der Waals surface area contributed by atoms with Crippen molar-refractivity contribution in [2.45, 2.75) is 18.6 Å². The molecule has 3 N–H and O–H groups in total. The van der Waals surface area contributed by atoms with E-state index in [-0.39, 0.29) is 5.88 Å². The highest BCUT2D eigenvalue weighted by Gasteiger charge is 2.36. The van der Waals surface area contributed by atoms with Crippen molar-refractivity contribution in [2.75, 3.05) is 19.4 Å². The van der Waals surface area contributed by atoms with Crippen LogP contribution in [0.25, 0.3) is 11.3 Å². The van der Waals surface area contributed by atoms with Crippen LogP contribution in [-0.4, -0.2) is 34.0 Å². The molecule has 5 rings (SSSR count). The van der Waals surface area contributed by atoms with Crippen molar-refractivity contribution in [1.82, 2.24) is 10.2 Å². The van der Waals surface area contributed by atoms with Gasteiger partial charge in [0.05, 0.1) is 30.8 Å². The number of aryl methyl sites for hydroxylation is 1.